The first-order valence-electron chi connectivity index (χ1n) is 14.3. The first-order chi connectivity index (χ1) is 19.7. The van der Waals surface area contributed by atoms with Crippen LogP contribution in [0.4, 0.5) is 4.79 Å². The number of hydrogen-bond acceptors (Lipinski definition) is 7. The molecule has 6 rings (SSSR count). The Hall–Kier alpha value is -4.25. The summed E-state index contributed by atoms with van der Waals surface area (Å²) in [4.78, 5) is 44.8. The van der Waals surface area contributed by atoms with E-state index in [0.29, 0.717) is 49.9 Å². The van der Waals surface area contributed by atoms with Gasteiger partial charge in [0.15, 0.2) is 5.60 Å². The number of benzene rings is 2. The fraction of sp³-hybridized carbons (Fsp3) is 0.433. The van der Waals surface area contributed by atoms with Crippen LogP contribution in [0.1, 0.15) is 65.8 Å². The van der Waals surface area contributed by atoms with Crippen LogP contribution in [-0.4, -0.2) is 67.9 Å². The number of carbonyl (C=O) groups is 3. The lowest BCUT2D eigenvalue weighted by Crippen LogP contribution is -2.53. The summed E-state index contributed by atoms with van der Waals surface area (Å²) in [5, 5.41) is 9.38. The van der Waals surface area contributed by atoms with Crippen molar-refractivity contribution < 1.29 is 19.1 Å². The highest BCUT2D eigenvalue weighted by molar-refractivity contribution is 6.03. The van der Waals surface area contributed by atoms with Crippen molar-refractivity contribution in [1.82, 2.24) is 24.9 Å². The van der Waals surface area contributed by atoms with E-state index in [2.05, 4.69) is 5.43 Å². The number of aryl methyl sites for hydroxylation is 3. The van der Waals surface area contributed by atoms with E-state index in [4.69, 9.17) is 20.9 Å². The molecule has 3 aromatic rings. The van der Waals surface area contributed by atoms with Crippen LogP contribution < -0.4 is 11.2 Å². The number of fused-ring (bicyclic) bond motifs is 1. The van der Waals surface area contributed by atoms with Crippen molar-refractivity contribution in [2.75, 3.05) is 13.1 Å². The lowest BCUT2D eigenvalue weighted by atomic mass is 9.98. The molecular formula is C30H35N7O4. The average molecular weight is 558 g/mol. The summed E-state index contributed by atoms with van der Waals surface area (Å²) < 4.78 is 7.62. The lowest BCUT2D eigenvalue weighted by molar-refractivity contribution is -0.138. The molecule has 11 heteroatoms. The molecule has 2 aromatic carbocycles. The molecule has 1 saturated carbocycles. The zero-order valence-electron chi connectivity index (χ0n) is 23.2. The molecule has 0 bridgehead atoms. The molecule has 4 N–H and O–H groups in total. The normalized spacial score (nSPS) is 19.3. The number of nitrogens with two attached hydrogens (primary N) is 1. The van der Waals surface area contributed by atoms with Crippen LogP contribution in [0, 0.1) is 5.41 Å². The van der Waals surface area contributed by atoms with Crippen molar-refractivity contribution in [2.45, 2.75) is 63.0 Å². The van der Waals surface area contributed by atoms with E-state index in [9.17, 15) is 14.4 Å². The van der Waals surface area contributed by atoms with Crippen molar-refractivity contribution in [3.8, 4) is 0 Å². The molecule has 3 fully saturated rings. The van der Waals surface area contributed by atoms with E-state index >= 15 is 0 Å². The highest BCUT2D eigenvalue weighted by Crippen LogP contribution is 2.41. The van der Waals surface area contributed by atoms with Crippen LogP contribution in [0.2, 0.25) is 0 Å². The maximum atomic E-state index is 13.1. The third kappa shape index (κ3) is 5.06. The SMILES string of the molecule is Cn1c(CCc2ccc(C(=N)N)cc2)nc2cc(C(=O)NN3CCC(N4C(=O)OC5(CCCC5)C4=O)CC3)ccc21. The van der Waals surface area contributed by atoms with Gasteiger partial charge in [-0.3, -0.25) is 20.4 Å². The van der Waals surface area contributed by atoms with E-state index in [1.54, 1.807) is 6.07 Å². The van der Waals surface area contributed by atoms with E-state index in [0.717, 1.165) is 48.1 Å². The van der Waals surface area contributed by atoms with Gasteiger partial charge in [0, 0.05) is 43.7 Å². The fourth-order valence-corrected chi connectivity index (χ4v) is 6.30. The van der Waals surface area contributed by atoms with Gasteiger partial charge in [0.1, 0.15) is 11.7 Å². The summed E-state index contributed by atoms with van der Waals surface area (Å²) in [5.74, 6) is 0.573. The maximum Gasteiger partial charge on any atom is 0.417 e. The Kier molecular flexibility index (Phi) is 6.98. The van der Waals surface area contributed by atoms with Gasteiger partial charge in [-0.15, -0.1) is 0 Å². The zero-order chi connectivity index (χ0) is 28.7. The standard InChI is InChI=1S/C30H35N7O4/c1-35-24-10-9-21(18-23(24)33-25(35)11-6-19-4-7-20(8-5-19)26(31)32)27(38)34-36-16-12-22(13-17-36)37-28(39)30(41-29(37)40)14-2-3-15-30/h4-5,7-10,18,22H,2-3,6,11-17H2,1H3,(H3,31,32)(H,34,38). The Morgan fingerprint density at radius 2 is 1.76 bits per heavy atom. The van der Waals surface area contributed by atoms with E-state index < -0.39 is 11.7 Å². The van der Waals surface area contributed by atoms with Crippen LogP contribution >= 0.6 is 0 Å². The second kappa shape index (κ2) is 10.6. The quantitative estimate of drug-likeness (QED) is 0.299. The number of imidazole rings is 1. The van der Waals surface area contributed by atoms with Crippen molar-refractivity contribution >= 4 is 34.8 Å². The minimum absolute atomic E-state index is 0.0541. The van der Waals surface area contributed by atoms with Gasteiger partial charge >= 0.3 is 6.09 Å². The number of imide groups is 1. The molecule has 3 amide bonds. The van der Waals surface area contributed by atoms with Gasteiger partial charge < -0.3 is 15.0 Å². The first-order valence-corrected chi connectivity index (χ1v) is 14.3. The molecule has 214 valence electrons. The zero-order valence-corrected chi connectivity index (χ0v) is 23.2. The largest absolute Gasteiger partial charge is 0.432 e. The summed E-state index contributed by atoms with van der Waals surface area (Å²) in [6.07, 6.45) is 5.20. The molecule has 0 atom stereocenters. The van der Waals surface area contributed by atoms with E-state index in [1.807, 2.05) is 53.0 Å². The van der Waals surface area contributed by atoms with Gasteiger partial charge in [-0.2, -0.15) is 0 Å². The minimum Gasteiger partial charge on any atom is -0.432 e. The summed E-state index contributed by atoms with van der Waals surface area (Å²) in [5.41, 5.74) is 11.7. The monoisotopic (exact) mass is 557 g/mol. The molecule has 2 saturated heterocycles. The summed E-state index contributed by atoms with van der Waals surface area (Å²) in [6.45, 7) is 1.06. The predicted molar refractivity (Wildman–Crippen MR) is 152 cm³/mol. The molecule has 2 aliphatic heterocycles. The second-order valence-corrected chi connectivity index (χ2v) is 11.3. The number of nitrogens with one attached hydrogen (secondary N) is 2. The van der Waals surface area contributed by atoms with E-state index in [1.165, 1.54) is 4.90 Å². The number of nitrogen functional groups attached to an aromatic ring is 1. The van der Waals surface area contributed by atoms with Crippen LogP contribution in [0.15, 0.2) is 42.5 Å². The Bertz CT molecular complexity index is 1520. The topological polar surface area (TPSA) is 147 Å². The number of aromatic nitrogens is 2. The molecular weight excluding hydrogens is 522 g/mol. The number of rotatable bonds is 7. The maximum absolute atomic E-state index is 13.1. The average Bonchev–Trinajstić information content (AvgIpc) is 3.64. The Morgan fingerprint density at radius 1 is 1.07 bits per heavy atom. The van der Waals surface area contributed by atoms with Gasteiger partial charge in [0.2, 0.25) is 0 Å². The smallest absolute Gasteiger partial charge is 0.417 e. The number of piperidine rings is 1. The minimum atomic E-state index is -0.936. The van der Waals surface area contributed by atoms with Crippen molar-refractivity contribution in [3.63, 3.8) is 0 Å². The molecule has 1 aliphatic carbocycles. The van der Waals surface area contributed by atoms with Gasteiger partial charge in [0.05, 0.1) is 11.0 Å². The van der Waals surface area contributed by atoms with Crippen molar-refractivity contribution in [3.05, 3.63) is 65.0 Å². The highest BCUT2D eigenvalue weighted by atomic mass is 16.6. The fourth-order valence-electron chi connectivity index (χ4n) is 6.30. The summed E-state index contributed by atoms with van der Waals surface area (Å²) in [6, 6.07) is 13.0. The summed E-state index contributed by atoms with van der Waals surface area (Å²) >= 11 is 0. The number of nitrogens with zero attached hydrogens (tertiary/aromatic N) is 4. The van der Waals surface area contributed by atoms with Gasteiger partial charge in [-0.25, -0.2) is 19.7 Å². The number of hydrazine groups is 1. The van der Waals surface area contributed by atoms with Crippen LogP contribution in [0.5, 0.6) is 0 Å². The number of carbonyl (C=O) groups excluding carboxylic acids is 3. The van der Waals surface area contributed by atoms with Gasteiger partial charge in [0.25, 0.3) is 11.8 Å². The lowest BCUT2D eigenvalue weighted by Gasteiger charge is -2.35. The molecule has 3 aliphatic rings. The Morgan fingerprint density at radius 3 is 2.44 bits per heavy atom. The van der Waals surface area contributed by atoms with Crippen LogP contribution in [-0.2, 0) is 29.4 Å². The molecule has 1 spiro atoms. The number of amidine groups is 1. The molecule has 0 unspecified atom stereocenters. The van der Waals surface area contributed by atoms with Crippen LogP contribution in [0.25, 0.3) is 11.0 Å². The number of amides is 3. The third-order valence-electron chi connectivity index (χ3n) is 8.73. The predicted octanol–water partition coefficient (Wildman–Crippen LogP) is 3.04. The van der Waals surface area contributed by atoms with Crippen molar-refractivity contribution in [2.24, 2.45) is 12.8 Å². The van der Waals surface area contributed by atoms with Gasteiger partial charge in [-0.05, 0) is 68.7 Å². The summed E-state index contributed by atoms with van der Waals surface area (Å²) in [7, 11) is 1.98. The van der Waals surface area contributed by atoms with E-state index in [-0.39, 0.29) is 23.7 Å². The Labute approximate surface area is 238 Å². The molecule has 3 heterocycles. The Balaban J connectivity index is 1.05. The molecule has 41 heavy (non-hydrogen) atoms. The van der Waals surface area contributed by atoms with Gasteiger partial charge in [-0.1, -0.05) is 24.3 Å². The molecule has 1 aromatic heterocycles. The highest BCUT2D eigenvalue weighted by Gasteiger charge is 2.56. The number of ether oxygens (including phenoxy) is 1. The third-order valence-corrected chi connectivity index (χ3v) is 8.73. The van der Waals surface area contributed by atoms with Crippen molar-refractivity contribution in [1.29, 1.82) is 5.41 Å². The number of hydrogen-bond donors (Lipinski definition) is 3. The molecule has 11 nitrogen and oxygen atoms in total. The first kappa shape index (κ1) is 26.9. The van der Waals surface area contributed by atoms with Crippen LogP contribution in [0.3, 0.4) is 0 Å². The molecule has 0 radical (unpaired) electrons. The second-order valence-electron chi connectivity index (χ2n) is 11.3.